The van der Waals surface area contributed by atoms with Crippen LogP contribution in [0, 0.1) is 0 Å². The van der Waals surface area contributed by atoms with Crippen molar-refractivity contribution in [3.05, 3.63) is 59.7 Å². The zero-order chi connectivity index (χ0) is 24.1. The third kappa shape index (κ3) is 5.16. The van der Waals surface area contributed by atoms with Crippen LogP contribution in [0.15, 0.2) is 48.5 Å². The molecule has 4 rings (SSSR count). The van der Waals surface area contributed by atoms with Crippen LogP contribution in [0.2, 0.25) is 0 Å². The van der Waals surface area contributed by atoms with Gasteiger partial charge in [0, 0.05) is 39.5 Å². The van der Waals surface area contributed by atoms with Gasteiger partial charge in [0.1, 0.15) is 18.1 Å². The summed E-state index contributed by atoms with van der Waals surface area (Å²) in [5.74, 6) is 1.25. The zero-order valence-corrected chi connectivity index (χ0v) is 19.7. The number of para-hydroxylation sites is 1. The molecule has 2 heterocycles. The van der Waals surface area contributed by atoms with E-state index < -0.39 is 0 Å². The van der Waals surface area contributed by atoms with E-state index in [1.165, 1.54) is 0 Å². The van der Waals surface area contributed by atoms with Crippen molar-refractivity contribution < 1.29 is 23.9 Å². The Morgan fingerprint density at radius 2 is 1.79 bits per heavy atom. The SMILES string of the molecule is COc1ccc([C@H]2CN(C(=O)c3ccccc3OCCN3CCCC3=O)CCN2C(C)=O)cc1. The van der Waals surface area contributed by atoms with Gasteiger partial charge < -0.3 is 24.2 Å². The molecule has 0 aliphatic carbocycles. The first kappa shape index (κ1) is 23.6. The van der Waals surface area contributed by atoms with E-state index in [-0.39, 0.29) is 23.8 Å². The first-order valence-electron chi connectivity index (χ1n) is 11.7. The van der Waals surface area contributed by atoms with E-state index >= 15 is 0 Å². The van der Waals surface area contributed by atoms with Crippen LogP contribution >= 0.6 is 0 Å². The largest absolute Gasteiger partial charge is 0.497 e. The van der Waals surface area contributed by atoms with E-state index in [2.05, 4.69) is 0 Å². The van der Waals surface area contributed by atoms with E-state index in [1.54, 1.807) is 40.9 Å². The second-order valence-electron chi connectivity index (χ2n) is 8.58. The van der Waals surface area contributed by atoms with Crippen molar-refractivity contribution in [1.29, 1.82) is 0 Å². The van der Waals surface area contributed by atoms with Crippen molar-refractivity contribution in [1.82, 2.24) is 14.7 Å². The second kappa shape index (κ2) is 10.6. The molecule has 2 aliphatic rings. The molecular formula is C26H31N3O5. The van der Waals surface area contributed by atoms with Crippen LogP contribution in [0.25, 0.3) is 0 Å². The van der Waals surface area contributed by atoms with Gasteiger partial charge in [0.25, 0.3) is 5.91 Å². The van der Waals surface area contributed by atoms with Crippen LogP contribution in [0.5, 0.6) is 11.5 Å². The average Bonchev–Trinajstić information content (AvgIpc) is 3.28. The van der Waals surface area contributed by atoms with Gasteiger partial charge in [-0.1, -0.05) is 24.3 Å². The number of piperazine rings is 1. The van der Waals surface area contributed by atoms with E-state index in [1.807, 2.05) is 36.4 Å². The molecule has 8 heteroatoms. The summed E-state index contributed by atoms with van der Waals surface area (Å²) in [5.41, 5.74) is 1.44. The minimum absolute atomic E-state index is 0.0203. The molecular weight excluding hydrogens is 434 g/mol. The van der Waals surface area contributed by atoms with Crippen LogP contribution in [0.1, 0.15) is 41.7 Å². The lowest BCUT2D eigenvalue weighted by molar-refractivity contribution is -0.133. The van der Waals surface area contributed by atoms with E-state index in [9.17, 15) is 14.4 Å². The molecule has 8 nitrogen and oxygen atoms in total. The monoisotopic (exact) mass is 465 g/mol. The molecule has 2 saturated heterocycles. The molecule has 0 spiro atoms. The number of methoxy groups -OCH3 is 1. The third-order valence-corrected chi connectivity index (χ3v) is 6.48. The Labute approximate surface area is 200 Å². The van der Waals surface area contributed by atoms with Crippen molar-refractivity contribution in [3.63, 3.8) is 0 Å². The van der Waals surface area contributed by atoms with Gasteiger partial charge in [0.15, 0.2) is 0 Å². The molecule has 0 N–H and O–H groups in total. The summed E-state index contributed by atoms with van der Waals surface area (Å²) in [6.07, 6.45) is 1.48. The molecule has 2 aromatic rings. The second-order valence-corrected chi connectivity index (χ2v) is 8.58. The van der Waals surface area contributed by atoms with Gasteiger partial charge >= 0.3 is 0 Å². The van der Waals surface area contributed by atoms with Crippen molar-refractivity contribution in [2.24, 2.45) is 0 Å². The molecule has 0 bridgehead atoms. The maximum atomic E-state index is 13.5. The topological polar surface area (TPSA) is 79.4 Å². The van der Waals surface area contributed by atoms with Crippen LogP contribution in [-0.4, -0.2) is 78.9 Å². The lowest BCUT2D eigenvalue weighted by Crippen LogP contribution is -2.51. The van der Waals surface area contributed by atoms with Gasteiger partial charge in [-0.2, -0.15) is 0 Å². The van der Waals surface area contributed by atoms with Crippen molar-refractivity contribution >= 4 is 17.7 Å². The number of hydrogen-bond acceptors (Lipinski definition) is 5. The van der Waals surface area contributed by atoms with Crippen LogP contribution < -0.4 is 9.47 Å². The lowest BCUT2D eigenvalue weighted by atomic mass is 10.0. The van der Waals surface area contributed by atoms with Gasteiger partial charge in [0.2, 0.25) is 11.8 Å². The Kier molecular flexibility index (Phi) is 7.35. The molecule has 2 fully saturated rings. The number of carbonyl (C=O) groups is 3. The molecule has 3 amide bonds. The highest BCUT2D eigenvalue weighted by Gasteiger charge is 2.33. The summed E-state index contributed by atoms with van der Waals surface area (Å²) < 4.78 is 11.2. The molecule has 0 saturated carbocycles. The number of rotatable bonds is 7. The Morgan fingerprint density at radius 1 is 1.03 bits per heavy atom. The zero-order valence-electron chi connectivity index (χ0n) is 19.7. The summed E-state index contributed by atoms with van der Waals surface area (Å²) in [4.78, 5) is 43.0. The highest BCUT2D eigenvalue weighted by atomic mass is 16.5. The van der Waals surface area contributed by atoms with Crippen molar-refractivity contribution in [3.8, 4) is 11.5 Å². The predicted molar refractivity (Wildman–Crippen MR) is 127 cm³/mol. The quantitative estimate of drug-likeness (QED) is 0.628. The number of ether oxygens (including phenoxy) is 2. The molecule has 180 valence electrons. The van der Waals surface area contributed by atoms with Gasteiger partial charge in [-0.05, 0) is 36.2 Å². The summed E-state index contributed by atoms with van der Waals surface area (Å²) in [6, 6.07) is 14.6. The molecule has 0 aromatic heterocycles. The molecule has 1 atom stereocenters. The first-order chi connectivity index (χ1) is 16.5. The van der Waals surface area contributed by atoms with Gasteiger partial charge in [-0.15, -0.1) is 0 Å². The maximum absolute atomic E-state index is 13.5. The van der Waals surface area contributed by atoms with Gasteiger partial charge in [0.05, 0.1) is 25.3 Å². The number of amides is 3. The van der Waals surface area contributed by atoms with Crippen LogP contribution in [-0.2, 0) is 9.59 Å². The third-order valence-electron chi connectivity index (χ3n) is 6.48. The number of likely N-dealkylation sites (tertiary alicyclic amines) is 1. The summed E-state index contributed by atoms with van der Waals surface area (Å²) in [7, 11) is 1.61. The minimum atomic E-state index is -0.240. The molecule has 2 aliphatic heterocycles. The first-order valence-corrected chi connectivity index (χ1v) is 11.7. The smallest absolute Gasteiger partial charge is 0.257 e. The van der Waals surface area contributed by atoms with E-state index in [4.69, 9.17) is 9.47 Å². The average molecular weight is 466 g/mol. The molecule has 2 aromatic carbocycles. The van der Waals surface area contributed by atoms with Crippen LogP contribution in [0.4, 0.5) is 0 Å². The Hall–Kier alpha value is -3.55. The van der Waals surface area contributed by atoms with Crippen LogP contribution in [0.3, 0.4) is 0 Å². The van der Waals surface area contributed by atoms with Gasteiger partial charge in [-0.3, -0.25) is 14.4 Å². The number of benzene rings is 2. The fraction of sp³-hybridized carbons (Fsp3) is 0.423. The Balaban J connectivity index is 1.47. The summed E-state index contributed by atoms with van der Waals surface area (Å²) in [5, 5.41) is 0. The number of carbonyl (C=O) groups excluding carboxylic acids is 3. The number of nitrogens with zero attached hydrogens (tertiary/aromatic N) is 3. The fourth-order valence-corrected chi connectivity index (χ4v) is 4.60. The normalized spacial score (nSPS) is 18.2. The fourth-order valence-electron chi connectivity index (χ4n) is 4.60. The highest BCUT2D eigenvalue weighted by molar-refractivity contribution is 5.97. The van der Waals surface area contributed by atoms with E-state index in [0.717, 1.165) is 24.3 Å². The van der Waals surface area contributed by atoms with Crippen molar-refractivity contribution in [2.45, 2.75) is 25.8 Å². The lowest BCUT2D eigenvalue weighted by Gasteiger charge is -2.41. The molecule has 34 heavy (non-hydrogen) atoms. The maximum Gasteiger partial charge on any atom is 0.257 e. The minimum Gasteiger partial charge on any atom is -0.497 e. The Bertz CT molecular complexity index is 1040. The van der Waals surface area contributed by atoms with Gasteiger partial charge in [-0.25, -0.2) is 0 Å². The summed E-state index contributed by atoms with van der Waals surface area (Å²) >= 11 is 0. The standard InChI is InChI=1S/C26H31N3O5/c1-19(30)29-15-14-28(18-23(29)20-9-11-21(33-2)12-10-20)26(32)22-6-3-4-7-24(22)34-17-16-27-13-5-8-25(27)31/h3-4,6-7,9-12,23H,5,8,13-18H2,1-2H3/t23-/m1/s1. The number of hydrogen-bond donors (Lipinski definition) is 0. The van der Waals surface area contributed by atoms with Crippen molar-refractivity contribution in [2.75, 3.05) is 46.4 Å². The molecule has 0 radical (unpaired) electrons. The highest BCUT2D eigenvalue weighted by Crippen LogP contribution is 2.29. The van der Waals surface area contributed by atoms with E-state index in [0.29, 0.717) is 50.5 Å². The molecule has 0 unspecified atom stereocenters. The predicted octanol–water partition coefficient (Wildman–Crippen LogP) is 2.74. The summed E-state index contributed by atoms with van der Waals surface area (Å²) in [6.45, 7) is 4.46. The Morgan fingerprint density at radius 3 is 2.47 bits per heavy atom.